The third-order valence-electron chi connectivity index (χ3n) is 3.88. The molecule has 0 amide bonds. The predicted octanol–water partition coefficient (Wildman–Crippen LogP) is 3.76. The standard InChI is InChI=1S/C17H18N2O2S/c1-3-11-6-5-10(9-18-11)15(20)12-7-8-13-17(16(12)21)22-14(4-2)19-13/h5-6,9,20H,3-4,7-8H2,1-2H3/b15-12-. The molecule has 0 aliphatic heterocycles. The molecule has 0 radical (unpaired) electrons. The molecule has 2 aromatic rings. The van der Waals surface area contributed by atoms with Gasteiger partial charge < -0.3 is 5.11 Å². The Hall–Kier alpha value is -2.01. The van der Waals surface area contributed by atoms with E-state index in [1.165, 1.54) is 11.3 Å². The Morgan fingerprint density at radius 3 is 2.73 bits per heavy atom. The molecule has 0 saturated heterocycles. The van der Waals surface area contributed by atoms with Crippen LogP contribution >= 0.6 is 11.3 Å². The van der Waals surface area contributed by atoms with Gasteiger partial charge in [-0.3, -0.25) is 9.78 Å². The third-order valence-corrected chi connectivity index (χ3v) is 5.12. The lowest BCUT2D eigenvalue weighted by atomic mass is 9.93. The van der Waals surface area contributed by atoms with Crippen molar-refractivity contribution in [2.45, 2.75) is 39.5 Å². The zero-order chi connectivity index (χ0) is 15.7. The average molecular weight is 314 g/mol. The van der Waals surface area contributed by atoms with Gasteiger partial charge >= 0.3 is 0 Å². The molecule has 4 nitrogen and oxygen atoms in total. The first kappa shape index (κ1) is 14.9. The van der Waals surface area contributed by atoms with Crippen LogP contribution in [0.25, 0.3) is 5.76 Å². The molecular formula is C17H18N2O2S. The maximum atomic E-state index is 12.6. The number of fused-ring (bicyclic) bond motifs is 1. The number of Topliss-reactive ketones (excluding diaryl/α,β-unsaturated/α-hetero) is 1. The van der Waals surface area contributed by atoms with E-state index in [0.717, 1.165) is 29.2 Å². The number of carbonyl (C=O) groups is 1. The fourth-order valence-electron chi connectivity index (χ4n) is 2.57. The molecule has 1 aliphatic rings. The summed E-state index contributed by atoms with van der Waals surface area (Å²) < 4.78 is 0. The number of ketones is 1. The predicted molar refractivity (Wildman–Crippen MR) is 87.3 cm³/mol. The molecule has 3 rings (SSSR count). The van der Waals surface area contributed by atoms with Gasteiger partial charge in [0.25, 0.3) is 0 Å². The van der Waals surface area contributed by atoms with Crippen LogP contribution in [0.3, 0.4) is 0 Å². The quantitative estimate of drug-likeness (QED) is 0.692. The van der Waals surface area contributed by atoms with Crippen LogP contribution in [-0.4, -0.2) is 20.9 Å². The van der Waals surface area contributed by atoms with Crippen molar-refractivity contribution in [3.05, 3.63) is 50.7 Å². The van der Waals surface area contributed by atoms with Gasteiger partial charge in [0.2, 0.25) is 5.78 Å². The number of hydrogen-bond donors (Lipinski definition) is 1. The number of thiazole rings is 1. The number of aryl methyl sites for hydroxylation is 3. The highest BCUT2D eigenvalue weighted by atomic mass is 32.1. The van der Waals surface area contributed by atoms with Gasteiger partial charge in [-0.05, 0) is 37.8 Å². The van der Waals surface area contributed by atoms with Gasteiger partial charge in [-0.2, -0.15) is 0 Å². The van der Waals surface area contributed by atoms with E-state index >= 15 is 0 Å². The molecule has 0 atom stereocenters. The molecule has 5 heteroatoms. The van der Waals surface area contributed by atoms with Gasteiger partial charge in [0.1, 0.15) is 5.76 Å². The Morgan fingerprint density at radius 1 is 1.27 bits per heavy atom. The first-order valence-electron chi connectivity index (χ1n) is 7.54. The molecule has 2 heterocycles. The second-order valence-electron chi connectivity index (χ2n) is 5.29. The summed E-state index contributed by atoms with van der Waals surface area (Å²) in [5.41, 5.74) is 2.92. The number of nitrogens with zero attached hydrogens (tertiary/aromatic N) is 2. The smallest absolute Gasteiger partial charge is 0.204 e. The minimum Gasteiger partial charge on any atom is -0.507 e. The molecule has 22 heavy (non-hydrogen) atoms. The highest BCUT2D eigenvalue weighted by Crippen LogP contribution is 2.33. The first-order chi connectivity index (χ1) is 10.6. The van der Waals surface area contributed by atoms with E-state index in [1.54, 1.807) is 6.20 Å². The fraction of sp³-hybridized carbons (Fsp3) is 0.353. The largest absolute Gasteiger partial charge is 0.507 e. The summed E-state index contributed by atoms with van der Waals surface area (Å²) >= 11 is 1.44. The Balaban J connectivity index is 1.98. The lowest BCUT2D eigenvalue weighted by Crippen LogP contribution is -2.14. The van der Waals surface area contributed by atoms with Crippen LogP contribution < -0.4 is 0 Å². The van der Waals surface area contributed by atoms with E-state index in [-0.39, 0.29) is 11.5 Å². The number of pyridine rings is 1. The van der Waals surface area contributed by atoms with Gasteiger partial charge in [0, 0.05) is 23.0 Å². The Kier molecular flexibility index (Phi) is 4.07. The van der Waals surface area contributed by atoms with Crippen LogP contribution in [0.5, 0.6) is 0 Å². The minimum atomic E-state index is -0.0875. The molecule has 0 saturated carbocycles. The normalized spacial score (nSPS) is 16.5. The lowest BCUT2D eigenvalue weighted by molar-refractivity contribution is 0.102. The van der Waals surface area contributed by atoms with Gasteiger partial charge in [0.05, 0.1) is 15.6 Å². The van der Waals surface area contributed by atoms with E-state index in [9.17, 15) is 9.90 Å². The van der Waals surface area contributed by atoms with Crippen molar-refractivity contribution in [2.75, 3.05) is 0 Å². The molecule has 2 aromatic heterocycles. The van der Waals surface area contributed by atoms with E-state index in [0.29, 0.717) is 28.9 Å². The summed E-state index contributed by atoms with van der Waals surface area (Å²) in [4.78, 5) is 22.1. The van der Waals surface area contributed by atoms with Gasteiger partial charge in [0.15, 0.2) is 0 Å². The number of carbonyl (C=O) groups excluding carboxylic acids is 1. The number of aliphatic hydroxyl groups is 1. The topological polar surface area (TPSA) is 63.1 Å². The summed E-state index contributed by atoms with van der Waals surface area (Å²) in [7, 11) is 0. The van der Waals surface area contributed by atoms with Crippen molar-refractivity contribution in [3.8, 4) is 0 Å². The molecule has 0 aromatic carbocycles. The van der Waals surface area contributed by atoms with Crippen LogP contribution in [0.4, 0.5) is 0 Å². The van der Waals surface area contributed by atoms with Crippen molar-refractivity contribution < 1.29 is 9.90 Å². The number of aliphatic hydroxyl groups excluding tert-OH is 1. The van der Waals surface area contributed by atoms with Crippen molar-refractivity contribution in [3.63, 3.8) is 0 Å². The van der Waals surface area contributed by atoms with E-state index in [1.807, 2.05) is 26.0 Å². The maximum absolute atomic E-state index is 12.6. The minimum absolute atomic E-state index is 0.0530. The molecule has 0 fully saturated rings. The van der Waals surface area contributed by atoms with Crippen molar-refractivity contribution in [2.24, 2.45) is 0 Å². The van der Waals surface area contributed by atoms with E-state index in [4.69, 9.17) is 0 Å². The molecule has 1 N–H and O–H groups in total. The summed E-state index contributed by atoms with van der Waals surface area (Å²) in [6.07, 6.45) is 4.55. The summed E-state index contributed by atoms with van der Waals surface area (Å²) in [5.74, 6) is -0.0345. The third kappa shape index (κ3) is 2.57. The zero-order valence-corrected chi connectivity index (χ0v) is 13.5. The van der Waals surface area contributed by atoms with Crippen LogP contribution in [0, 0.1) is 0 Å². The van der Waals surface area contributed by atoms with Gasteiger partial charge in [-0.1, -0.05) is 13.8 Å². The van der Waals surface area contributed by atoms with E-state index < -0.39 is 0 Å². The monoisotopic (exact) mass is 314 g/mol. The van der Waals surface area contributed by atoms with Crippen molar-refractivity contribution in [1.82, 2.24) is 9.97 Å². The molecule has 114 valence electrons. The van der Waals surface area contributed by atoms with Gasteiger partial charge in [-0.25, -0.2) is 4.98 Å². The molecule has 0 unspecified atom stereocenters. The Morgan fingerprint density at radius 2 is 2.09 bits per heavy atom. The van der Waals surface area contributed by atoms with Crippen molar-refractivity contribution in [1.29, 1.82) is 0 Å². The number of hydrogen-bond acceptors (Lipinski definition) is 5. The van der Waals surface area contributed by atoms with E-state index in [2.05, 4.69) is 9.97 Å². The number of allylic oxidation sites excluding steroid dienone is 1. The molecular weight excluding hydrogens is 296 g/mol. The lowest BCUT2D eigenvalue weighted by Gasteiger charge is -2.14. The Bertz CT molecular complexity index is 745. The highest BCUT2D eigenvalue weighted by Gasteiger charge is 2.28. The second kappa shape index (κ2) is 6.01. The maximum Gasteiger partial charge on any atom is 0.204 e. The summed E-state index contributed by atoms with van der Waals surface area (Å²) in [6.45, 7) is 4.06. The molecule has 1 aliphatic carbocycles. The van der Waals surface area contributed by atoms with Crippen LogP contribution in [-0.2, 0) is 19.3 Å². The van der Waals surface area contributed by atoms with Crippen LogP contribution in [0.15, 0.2) is 23.9 Å². The molecule has 0 spiro atoms. The van der Waals surface area contributed by atoms with Crippen LogP contribution in [0.2, 0.25) is 0 Å². The van der Waals surface area contributed by atoms with Gasteiger partial charge in [-0.15, -0.1) is 11.3 Å². The summed E-state index contributed by atoms with van der Waals surface area (Å²) in [6, 6.07) is 3.70. The molecule has 0 bridgehead atoms. The van der Waals surface area contributed by atoms with Crippen molar-refractivity contribution >= 4 is 22.9 Å². The number of aromatic nitrogens is 2. The second-order valence-corrected chi connectivity index (χ2v) is 6.37. The highest BCUT2D eigenvalue weighted by molar-refractivity contribution is 7.14. The Labute approximate surface area is 133 Å². The fourth-order valence-corrected chi connectivity index (χ4v) is 3.58. The van der Waals surface area contributed by atoms with Crippen LogP contribution in [0.1, 0.15) is 51.9 Å². The first-order valence-corrected chi connectivity index (χ1v) is 8.36. The number of rotatable bonds is 3. The SMILES string of the molecule is CCc1ccc(/C(O)=C2\CCc3nc(CC)sc3C2=O)cn1. The average Bonchev–Trinajstić information content (AvgIpc) is 2.99. The zero-order valence-electron chi connectivity index (χ0n) is 12.7. The summed E-state index contributed by atoms with van der Waals surface area (Å²) in [5, 5.41) is 11.5.